The first-order chi connectivity index (χ1) is 37.2. The molecule has 0 radical (unpaired) electrons. The fraction of sp³-hybridized carbons (Fsp3) is 0.0145. The summed E-state index contributed by atoms with van der Waals surface area (Å²) in [5, 5.41) is 11.2. The standard InChI is InChI=1S/C69H45N5S/c1-4-19-44(20-5-1)46-37-39-47(40-38-46)67-70-68(72-69(71-67)56-30-18-36-63-66(56)55-27-12-15-35-62(55)75-63)54-26-11-14-32-58(54)74-60-34-17-29-51(65(60)53-42-41-48(43-61(53)74)45-21-6-2-7-22-45)50-28-16-33-59-64(50)52-25-10-13-31-57(52)73(59)49-23-8-3-9-24-49/h1-43,68H,(H,70,71,72). The second-order valence-electron chi connectivity index (χ2n) is 19.3. The molecule has 6 heteroatoms. The lowest BCUT2D eigenvalue weighted by molar-refractivity contribution is 0.671. The summed E-state index contributed by atoms with van der Waals surface area (Å²) in [7, 11) is 0. The molecule has 0 aliphatic carbocycles. The van der Waals surface area contributed by atoms with Gasteiger partial charge in [-0.1, -0.05) is 206 Å². The molecular formula is C69H45N5S. The second kappa shape index (κ2) is 17.6. The van der Waals surface area contributed by atoms with Crippen LogP contribution in [0.4, 0.5) is 0 Å². The van der Waals surface area contributed by atoms with Crippen molar-refractivity contribution in [3.63, 3.8) is 0 Å². The maximum atomic E-state index is 5.59. The van der Waals surface area contributed by atoms with Gasteiger partial charge in [0.05, 0.1) is 27.8 Å². The minimum Gasteiger partial charge on any atom is -0.344 e. The lowest BCUT2D eigenvalue weighted by atomic mass is 9.95. The van der Waals surface area contributed by atoms with E-state index in [1.54, 1.807) is 0 Å². The number of aromatic nitrogens is 2. The molecule has 0 spiro atoms. The predicted octanol–water partition coefficient (Wildman–Crippen LogP) is 17.7. The highest BCUT2D eigenvalue weighted by Crippen LogP contribution is 2.46. The molecule has 0 saturated heterocycles. The van der Waals surface area contributed by atoms with Gasteiger partial charge in [0.25, 0.3) is 0 Å². The van der Waals surface area contributed by atoms with E-state index < -0.39 is 6.17 Å². The first-order valence-electron chi connectivity index (χ1n) is 25.5. The van der Waals surface area contributed by atoms with Crippen LogP contribution in [0.2, 0.25) is 0 Å². The zero-order valence-electron chi connectivity index (χ0n) is 40.6. The van der Waals surface area contributed by atoms with Crippen LogP contribution in [-0.4, -0.2) is 20.8 Å². The van der Waals surface area contributed by atoms with Gasteiger partial charge in [0.1, 0.15) is 12.0 Å². The summed E-state index contributed by atoms with van der Waals surface area (Å²) in [6.45, 7) is 0. The van der Waals surface area contributed by atoms with Gasteiger partial charge in [0.2, 0.25) is 0 Å². The van der Waals surface area contributed by atoms with Gasteiger partial charge in [-0.3, -0.25) is 0 Å². The molecule has 15 rings (SSSR count). The highest BCUT2D eigenvalue weighted by atomic mass is 32.1. The smallest absolute Gasteiger partial charge is 0.159 e. The summed E-state index contributed by atoms with van der Waals surface area (Å²) < 4.78 is 7.36. The van der Waals surface area contributed by atoms with Crippen molar-refractivity contribution < 1.29 is 0 Å². The van der Waals surface area contributed by atoms with Crippen LogP contribution in [0.1, 0.15) is 22.9 Å². The lowest BCUT2D eigenvalue weighted by Gasteiger charge is -2.26. The Morgan fingerprint density at radius 2 is 0.893 bits per heavy atom. The quantitative estimate of drug-likeness (QED) is 0.162. The van der Waals surface area contributed by atoms with Gasteiger partial charge in [0.15, 0.2) is 5.84 Å². The largest absolute Gasteiger partial charge is 0.344 e. The normalized spacial score (nSPS) is 13.7. The average molecular weight is 976 g/mol. The first kappa shape index (κ1) is 43.0. The highest BCUT2D eigenvalue weighted by Gasteiger charge is 2.28. The van der Waals surface area contributed by atoms with Gasteiger partial charge in [-0.05, 0) is 88.0 Å². The summed E-state index contributed by atoms with van der Waals surface area (Å²) in [5.41, 5.74) is 16.8. The van der Waals surface area contributed by atoms with Crippen molar-refractivity contribution in [1.82, 2.24) is 14.5 Å². The molecule has 0 amide bonds. The number of rotatable bonds is 8. The lowest BCUT2D eigenvalue weighted by Crippen LogP contribution is -2.34. The van der Waals surface area contributed by atoms with Gasteiger partial charge in [0, 0.05) is 64.1 Å². The van der Waals surface area contributed by atoms with E-state index in [0.29, 0.717) is 5.84 Å². The Hall–Kier alpha value is -9.62. The molecule has 1 unspecified atom stereocenters. The number of aliphatic imine (C=N–C) groups is 2. The monoisotopic (exact) mass is 975 g/mol. The van der Waals surface area contributed by atoms with Crippen LogP contribution in [0.5, 0.6) is 0 Å². The Balaban J connectivity index is 0.961. The van der Waals surface area contributed by atoms with Crippen LogP contribution in [0.25, 0.3) is 109 Å². The Morgan fingerprint density at radius 1 is 0.360 bits per heavy atom. The van der Waals surface area contributed by atoms with Crippen molar-refractivity contribution in [3.8, 4) is 44.8 Å². The van der Waals surface area contributed by atoms with E-state index in [0.717, 1.165) is 56.1 Å². The van der Waals surface area contributed by atoms with Gasteiger partial charge in [-0.2, -0.15) is 0 Å². The summed E-state index contributed by atoms with van der Waals surface area (Å²) in [6, 6.07) is 94.1. The predicted molar refractivity (Wildman–Crippen MR) is 316 cm³/mol. The SMILES string of the molecule is c1ccc(-c2ccc(C3=NC(c4ccccc4-n4c5cc(-c6ccccc6)ccc5c5c(-c6cccc7c6c6ccccc6n7-c6ccccc6)cccc54)NC(c4cccc5sc6ccccc6c45)=N3)cc2)cc1. The number of hydrogen-bond acceptors (Lipinski definition) is 4. The molecular weight excluding hydrogens is 931 g/mol. The Labute approximate surface area is 437 Å². The van der Waals surface area contributed by atoms with E-state index in [9.17, 15) is 0 Å². The Morgan fingerprint density at radius 3 is 1.65 bits per heavy atom. The van der Waals surface area contributed by atoms with Gasteiger partial charge in [-0.15, -0.1) is 11.3 Å². The van der Waals surface area contributed by atoms with E-state index in [1.165, 1.54) is 75.0 Å². The molecule has 352 valence electrons. The van der Waals surface area contributed by atoms with Gasteiger partial charge >= 0.3 is 0 Å². The highest BCUT2D eigenvalue weighted by molar-refractivity contribution is 7.25. The molecule has 0 fully saturated rings. The second-order valence-corrected chi connectivity index (χ2v) is 20.3. The molecule has 4 heterocycles. The molecule has 11 aromatic carbocycles. The molecule has 0 bridgehead atoms. The first-order valence-corrected chi connectivity index (χ1v) is 26.3. The van der Waals surface area contributed by atoms with Crippen LogP contribution in [0, 0.1) is 0 Å². The maximum absolute atomic E-state index is 5.59. The molecule has 1 N–H and O–H groups in total. The number of nitrogens with one attached hydrogen (secondary N) is 1. The van der Waals surface area contributed by atoms with E-state index in [4.69, 9.17) is 9.98 Å². The number of thiophene rings is 1. The van der Waals surface area contributed by atoms with Crippen molar-refractivity contribution in [3.05, 3.63) is 278 Å². The van der Waals surface area contributed by atoms with Gasteiger partial charge in [-0.25, -0.2) is 9.98 Å². The summed E-state index contributed by atoms with van der Waals surface area (Å²) >= 11 is 1.82. The molecule has 3 aromatic heterocycles. The maximum Gasteiger partial charge on any atom is 0.159 e. The van der Waals surface area contributed by atoms with Gasteiger partial charge < -0.3 is 14.5 Å². The molecule has 1 aliphatic heterocycles. The molecule has 75 heavy (non-hydrogen) atoms. The van der Waals surface area contributed by atoms with Crippen molar-refractivity contribution in [2.24, 2.45) is 9.98 Å². The number of para-hydroxylation sites is 3. The molecule has 0 saturated carbocycles. The van der Waals surface area contributed by atoms with Crippen LogP contribution in [-0.2, 0) is 0 Å². The van der Waals surface area contributed by atoms with Crippen LogP contribution >= 0.6 is 11.3 Å². The van der Waals surface area contributed by atoms with Crippen LogP contribution in [0.15, 0.2) is 271 Å². The van der Waals surface area contributed by atoms with Crippen molar-refractivity contribution in [2.75, 3.05) is 0 Å². The number of hydrogen-bond donors (Lipinski definition) is 1. The van der Waals surface area contributed by atoms with Crippen LogP contribution in [0.3, 0.4) is 0 Å². The van der Waals surface area contributed by atoms with Crippen molar-refractivity contribution in [2.45, 2.75) is 6.17 Å². The summed E-state index contributed by atoms with van der Waals surface area (Å²) in [5.74, 6) is 1.47. The van der Waals surface area contributed by atoms with E-state index in [2.05, 4.69) is 275 Å². The number of benzene rings is 11. The van der Waals surface area contributed by atoms with E-state index >= 15 is 0 Å². The van der Waals surface area contributed by atoms with Crippen molar-refractivity contribution in [1.29, 1.82) is 0 Å². The zero-order valence-corrected chi connectivity index (χ0v) is 41.4. The Kier molecular flexibility index (Phi) is 10.1. The molecule has 1 aliphatic rings. The average Bonchev–Trinajstić information content (AvgIpc) is 4.23. The summed E-state index contributed by atoms with van der Waals surface area (Å²) in [6.07, 6.45) is -0.497. The minimum atomic E-state index is -0.497. The fourth-order valence-corrected chi connectivity index (χ4v) is 12.8. The molecule has 1 atom stereocenters. The third-order valence-corrected chi connectivity index (χ3v) is 16.2. The van der Waals surface area contributed by atoms with Crippen molar-refractivity contribution >= 4 is 86.8 Å². The topological polar surface area (TPSA) is 46.6 Å². The third kappa shape index (κ3) is 7.06. The number of fused-ring (bicyclic) bond motifs is 9. The molecule has 14 aromatic rings. The molecule has 5 nitrogen and oxygen atoms in total. The van der Waals surface area contributed by atoms with Crippen LogP contribution < -0.4 is 5.32 Å². The summed E-state index contributed by atoms with van der Waals surface area (Å²) in [4.78, 5) is 11.0. The fourth-order valence-electron chi connectivity index (χ4n) is 11.7. The van der Waals surface area contributed by atoms with E-state index in [-0.39, 0.29) is 0 Å². The third-order valence-electron chi connectivity index (χ3n) is 15.0. The Bertz CT molecular complexity index is 4600. The minimum absolute atomic E-state index is 0.497. The number of nitrogens with zero attached hydrogens (tertiary/aromatic N) is 4. The van der Waals surface area contributed by atoms with E-state index in [1.807, 2.05) is 11.3 Å². The number of amidine groups is 2. The zero-order chi connectivity index (χ0) is 49.4.